The Balaban J connectivity index is 2.26. The summed E-state index contributed by atoms with van der Waals surface area (Å²) in [5.41, 5.74) is -4.40. The highest BCUT2D eigenvalue weighted by Crippen LogP contribution is 2.48. The van der Waals surface area contributed by atoms with E-state index in [1.165, 1.54) is 32.0 Å². The number of aliphatic hydroxyl groups is 1. The van der Waals surface area contributed by atoms with Crippen LogP contribution in [0.25, 0.3) is 0 Å². The lowest BCUT2D eigenvalue weighted by atomic mass is 9.89. The van der Waals surface area contributed by atoms with Gasteiger partial charge in [0.25, 0.3) is 5.79 Å². The molecule has 1 aliphatic heterocycles. The number of hydrogen-bond donors (Lipinski definition) is 3. The van der Waals surface area contributed by atoms with Gasteiger partial charge >= 0.3 is 6.18 Å². The van der Waals surface area contributed by atoms with E-state index in [0.717, 1.165) is 37.3 Å². The number of benzene rings is 2. The zero-order chi connectivity index (χ0) is 32.8. The number of rotatable bonds is 10. The van der Waals surface area contributed by atoms with Gasteiger partial charge in [-0.1, -0.05) is 38.1 Å². The first-order valence-electron chi connectivity index (χ1n) is 13.1. The fraction of sp³-hybridized carbons (Fsp3) is 0.538. The van der Waals surface area contributed by atoms with Gasteiger partial charge in [0.05, 0.1) is 10.6 Å². The smallest absolute Gasteiger partial charge is 0.376 e. The number of alkyl halides is 6. The van der Waals surface area contributed by atoms with Gasteiger partial charge in [-0.05, 0) is 49.6 Å². The lowest BCUT2D eigenvalue weighted by Gasteiger charge is -2.53. The molecule has 1 saturated heterocycles. The van der Waals surface area contributed by atoms with E-state index >= 15 is 13.2 Å². The van der Waals surface area contributed by atoms with Crippen molar-refractivity contribution < 1.29 is 48.3 Å². The van der Waals surface area contributed by atoms with Crippen LogP contribution in [0.15, 0.2) is 58.3 Å². The third-order valence-electron chi connectivity index (χ3n) is 7.19. The van der Waals surface area contributed by atoms with Crippen molar-refractivity contribution in [1.82, 2.24) is 9.03 Å². The average molecular weight is 678 g/mol. The topological polar surface area (TPSA) is 107 Å². The van der Waals surface area contributed by atoms with Crippen LogP contribution in [-0.4, -0.2) is 69.1 Å². The highest BCUT2D eigenvalue weighted by atomic mass is 32.2. The van der Waals surface area contributed by atoms with Crippen LogP contribution in [0, 0.1) is 5.92 Å². The molecule has 0 aromatic heterocycles. The second-order valence-electron chi connectivity index (χ2n) is 10.8. The maximum Gasteiger partial charge on any atom is 0.421 e. The summed E-state index contributed by atoms with van der Waals surface area (Å²) in [6.07, 6.45) is -9.44. The van der Waals surface area contributed by atoms with Gasteiger partial charge in [-0.3, -0.25) is 0 Å². The molecule has 2 N–H and O–H groups in total. The van der Waals surface area contributed by atoms with E-state index in [1.807, 2.05) is 0 Å². The first-order chi connectivity index (χ1) is 19.5. The zero-order valence-electron chi connectivity index (χ0n) is 23.6. The Kier molecular flexibility index (Phi) is 9.92. The minimum atomic E-state index is -5.10. The van der Waals surface area contributed by atoms with E-state index in [9.17, 15) is 35.1 Å². The summed E-state index contributed by atoms with van der Waals surface area (Å²) in [5, 5.41) is 10.0. The third kappa shape index (κ3) is 6.52. The van der Waals surface area contributed by atoms with Crippen LogP contribution < -0.4 is 9.62 Å². The van der Waals surface area contributed by atoms with Crippen LogP contribution in [-0.2, 0) is 25.6 Å². The molecule has 17 heteroatoms. The molecule has 3 rings (SSSR count). The Hall–Kier alpha value is -2.05. The summed E-state index contributed by atoms with van der Waals surface area (Å²) in [6.45, 7) is 2.89. The van der Waals surface area contributed by atoms with Gasteiger partial charge in [0, 0.05) is 30.1 Å². The first-order valence-corrected chi connectivity index (χ1v) is 16.6. The molecule has 1 heterocycles. The summed E-state index contributed by atoms with van der Waals surface area (Å²) < 4.78 is 145. The molecule has 0 aliphatic carbocycles. The van der Waals surface area contributed by atoms with Crippen molar-refractivity contribution in [3.63, 3.8) is 0 Å². The Morgan fingerprint density at radius 3 is 2.09 bits per heavy atom. The second kappa shape index (κ2) is 12.0. The molecule has 2 aromatic carbocycles. The van der Waals surface area contributed by atoms with Crippen molar-refractivity contribution in [3.8, 4) is 0 Å². The van der Waals surface area contributed by atoms with Crippen molar-refractivity contribution in [1.29, 1.82) is 0 Å². The van der Waals surface area contributed by atoms with Crippen LogP contribution in [0.5, 0.6) is 0 Å². The number of sulfonamides is 2. The molecule has 8 nitrogen and oxygen atoms in total. The molecule has 2 aromatic rings. The monoisotopic (exact) mass is 677 g/mol. The third-order valence-corrected chi connectivity index (χ3v) is 11.0. The molecule has 1 aliphatic rings. The first kappa shape index (κ1) is 35.4. The molecule has 0 radical (unpaired) electrons. The molecule has 242 valence electrons. The van der Waals surface area contributed by atoms with Gasteiger partial charge in [0.2, 0.25) is 32.1 Å². The van der Waals surface area contributed by atoms with E-state index in [1.54, 1.807) is 4.72 Å². The summed E-state index contributed by atoms with van der Waals surface area (Å²) in [7, 11) is -9.48. The maximum absolute atomic E-state index is 17.6. The summed E-state index contributed by atoms with van der Waals surface area (Å²) in [5.74, 6) is -9.43. The summed E-state index contributed by atoms with van der Waals surface area (Å²) in [4.78, 5) is -0.185. The molecule has 43 heavy (non-hydrogen) atoms. The van der Waals surface area contributed by atoms with Gasteiger partial charge in [-0.25, -0.2) is 30.0 Å². The molecular formula is C26H33F6N3O5S3. The van der Waals surface area contributed by atoms with Crippen LogP contribution in [0.1, 0.15) is 39.7 Å². The molecule has 2 unspecified atom stereocenters. The highest BCUT2D eigenvalue weighted by molar-refractivity contribution is 7.90. The number of hydrogen-bond acceptors (Lipinski definition) is 7. The summed E-state index contributed by atoms with van der Waals surface area (Å²) >= 11 is 4.08. The van der Waals surface area contributed by atoms with E-state index in [4.69, 9.17) is 0 Å². The van der Waals surface area contributed by atoms with Crippen LogP contribution in [0.4, 0.5) is 32.0 Å². The quantitative estimate of drug-likeness (QED) is 0.188. The Morgan fingerprint density at radius 1 is 1.05 bits per heavy atom. The largest absolute Gasteiger partial charge is 0.421 e. The number of nitrogens with zero attached hydrogens (tertiary/aromatic N) is 2. The lowest BCUT2D eigenvalue weighted by molar-refractivity contribution is -0.258. The van der Waals surface area contributed by atoms with Gasteiger partial charge in [-0.2, -0.15) is 22.2 Å². The summed E-state index contributed by atoms with van der Waals surface area (Å²) in [6, 6.07) is 8.40. The predicted octanol–water partition coefficient (Wildman–Crippen LogP) is 4.87. The predicted molar refractivity (Wildman–Crippen MR) is 152 cm³/mol. The van der Waals surface area contributed by atoms with Crippen molar-refractivity contribution >= 4 is 38.4 Å². The average Bonchev–Trinajstić information content (AvgIpc) is 2.88. The van der Waals surface area contributed by atoms with Crippen LogP contribution in [0.3, 0.4) is 0 Å². The minimum absolute atomic E-state index is 0.0657. The van der Waals surface area contributed by atoms with E-state index in [0.29, 0.717) is 11.8 Å². The fourth-order valence-electron chi connectivity index (χ4n) is 4.82. The van der Waals surface area contributed by atoms with E-state index in [-0.39, 0.29) is 9.20 Å². The maximum atomic E-state index is 17.6. The van der Waals surface area contributed by atoms with Crippen LogP contribution >= 0.6 is 12.6 Å². The number of anilines is 1. The normalized spacial score (nSPS) is 23.7. The van der Waals surface area contributed by atoms with Crippen molar-refractivity contribution in [2.75, 3.05) is 23.7 Å². The van der Waals surface area contributed by atoms with E-state index < -0.39 is 97.0 Å². The minimum Gasteiger partial charge on any atom is -0.376 e. The highest BCUT2D eigenvalue weighted by Gasteiger charge is 2.69. The molecular weight excluding hydrogens is 644 g/mol. The fourth-order valence-corrected chi connectivity index (χ4v) is 7.74. The molecule has 0 bridgehead atoms. The Bertz CT molecular complexity index is 1520. The number of thiol groups is 1. The van der Waals surface area contributed by atoms with Gasteiger partial charge in [0.15, 0.2) is 5.60 Å². The molecule has 1 fully saturated rings. The number of halogens is 6. The zero-order valence-corrected chi connectivity index (χ0v) is 26.1. The molecule has 0 saturated carbocycles. The number of nitrogens with one attached hydrogen (secondary N) is 1. The van der Waals surface area contributed by atoms with Crippen molar-refractivity contribution in [2.24, 2.45) is 5.92 Å². The standard InChI is InChI=1S/C26H33F6N3O5S3/c1-5-42(37,38)33-24(28,16-17(2)3)25(29)22(27)35(43(39,40)21-9-7-6-8-20(21)41)15-14-34(25)19-12-10-18(11-13-19)23(4,36)26(30,31)32/h6-13,17,22,33,36,41H,5,14-16H2,1-4H3/t22?,23-,24?,25+/m0/s1. The number of piperazine rings is 1. The second-order valence-corrected chi connectivity index (χ2v) is 15.1. The van der Waals surface area contributed by atoms with E-state index in [2.05, 4.69) is 12.6 Å². The lowest BCUT2D eigenvalue weighted by Crippen LogP contribution is -2.77. The molecule has 0 amide bonds. The van der Waals surface area contributed by atoms with Crippen molar-refractivity contribution in [2.45, 2.75) is 73.6 Å². The van der Waals surface area contributed by atoms with Crippen LogP contribution in [0.2, 0.25) is 0 Å². The Labute approximate surface area is 252 Å². The molecule has 0 spiro atoms. The van der Waals surface area contributed by atoms with Crippen molar-refractivity contribution in [3.05, 3.63) is 54.1 Å². The van der Waals surface area contributed by atoms with Gasteiger partial charge in [-0.15, -0.1) is 12.6 Å². The van der Waals surface area contributed by atoms with Gasteiger partial charge in [0.1, 0.15) is 0 Å². The SMILES string of the molecule is CCS(=O)(=O)NC(F)(CC(C)C)[C@@]1(F)C(F)N(S(=O)(=O)c2ccccc2S)CCN1c1ccc([C@](C)(O)C(F)(F)F)cc1. The van der Waals surface area contributed by atoms with Gasteiger partial charge < -0.3 is 10.0 Å². The Morgan fingerprint density at radius 2 is 1.60 bits per heavy atom. The molecule has 4 atom stereocenters.